The Morgan fingerprint density at radius 1 is 1.05 bits per heavy atom. The number of carboxylic acids is 1. The second-order valence-electron chi connectivity index (χ2n) is 8.20. The monoisotopic (exact) mass is 537 g/mol. The Bertz CT molecular complexity index is 1310. The third-order valence-corrected chi connectivity index (χ3v) is 7.07. The van der Waals surface area contributed by atoms with Gasteiger partial charge in [-0.3, -0.25) is 14.5 Å². The van der Waals surface area contributed by atoms with Crippen molar-refractivity contribution >= 4 is 57.7 Å². The molecule has 0 saturated carbocycles. The summed E-state index contributed by atoms with van der Waals surface area (Å²) >= 11 is 7.23. The first-order chi connectivity index (χ1) is 17.8. The number of aromatic carboxylic acids is 1. The van der Waals surface area contributed by atoms with E-state index < -0.39 is 11.2 Å². The molecule has 2 N–H and O–H groups in total. The van der Waals surface area contributed by atoms with Crippen molar-refractivity contribution in [2.45, 2.75) is 18.1 Å². The van der Waals surface area contributed by atoms with Crippen molar-refractivity contribution < 1.29 is 24.2 Å². The molecule has 37 heavy (non-hydrogen) atoms. The molecule has 0 bridgehead atoms. The summed E-state index contributed by atoms with van der Waals surface area (Å²) in [5, 5.41) is 12.3. The lowest BCUT2D eigenvalue weighted by Crippen LogP contribution is -2.35. The third kappa shape index (κ3) is 6.90. The van der Waals surface area contributed by atoms with Gasteiger partial charge in [-0.2, -0.15) is 0 Å². The Morgan fingerprint density at radius 2 is 1.73 bits per heavy atom. The molecule has 1 atom stereocenters. The van der Waals surface area contributed by atoms with Crippen molar-refractivity contribution in [3.63, 3.8) is 0 Å². The number of nitrogens with zero attached hydrogens (tertiary/aromatic N) is 2. The lowest BCUT2D eigenvalue weighted by molar-refractivity contribution is -0.128. The number of rotatable bonds is 9. The minimum atomic E-state index is -1.05. The minimum Gasteiger partial charge on any atom is -0.497 e. The van der Waals surface area contributed by atoms with Gasteiger partial charge in [0.15, 0.2) is 5.17 Å². The fourth-order valence-electron chi connectivity index (χ4n) is 3.67. The number of hydrogen-bond donors (Lipinski definition) is 2. The molecule has 1 aliphatic rings. The van der Waals surface area contributed by atoms with E-state index in [4.69, 9.17) is 21.4 Å². The van der Waals surface area contributed by atoms with Gasteiger partial charge in [-0.05, 0) is 72.6 Å². The van der Waals surface area contributed by atoms with Gasteiger partial charge in [0.05, 0.1) is 18.4 Å². The summed E-state index contributed by atoms with van der Waals surface area (Å²) in [6.45, 7) is 0.400. The molecule has 1 aliphatic heterocycles. The molecular formula is C27H24ClN3O5S. The zero-order valence-electron chi connectivity index (χ0n) is 19.9. The predicted molar refractivity (Wildman–Crippen MR) is 145 cm³/mol. The maximum absolute atomic E-state index is 13.3. The summed E-state index contributed by atoms with van der Waals surface area (Å²) < 4.78 is 5.20. The van der Waals surface area contributed by atoms with Crippen molar-refractivity contribution in [1.29, 1.82) is 0 Å². The Labute approximate surface area is 223 Å². The maximum Gasteiger partial charge on any atom is 0.335 e. The van der Waals surface area contributed by atoms with Crippen LogP contribution in [0.25, 0.3) is 0 Å². The highest BCUT2D eigenvalue weighted by Gasteiger charge is 2.39. The Kier molecular flexibility index (Phi) is 8.47. The molecule has 190 valence electrons. The molecule has 8 nitrogen and oxygen atoms in total. The quantitative estimate of drug-likeness (QED) is 0.386. The van der Waals surface area contributed by atoms with Crippen LogP contribution in [0.15, 0.2) is 77.8 Å². The van der Waals surface area contributed by atoms with Crippen LogP contribution in [-0.4, -0.2) is 51.9 Å². The number of amidine groups is 1. The Balaban J connectivity index is 1.48. The molecule has 3 aromatic rings. The normalized spacial score (nSPS) is 16.2. The number of nitrogens with one attached hydrogen (secondary N) is 1. The smallest absolute Gasteiger partial charge is 0.335 e. The molecule has 10 heteroatoms. The van der Waals surface area contributed by atoms with Crippen molar-refractivity contribution in [3.8, 4) is 5.75 Å². The largest absolute Gasteiger partial charge is 0.497 e. The van der Waals surface area contributed by atoms with Gasteiger partial charge in [0.2, 0.25) is 11.8 Å². The molecule has 1 heterocycles. The number of carbonyl (C=O) groups excluding carboxylic acids is 2. The van der Waals surface area contributed by atoms with Crippen LogP contribution in [0.1, 0.15) is 22.3 Å². The second-order valence-corrected chi connectivity index (χ2v) is 9.81. The van der Waals surface area contributed by atoms with Gasteiger partial charge in [-0.15, -0.1) is 0 Å². The van der Waals surface area contributed by atoms with Gasteiger partial charge in [0.1, 0.15) is 11.0 Å². The summed E-state index contributed by atoms with van der Waals surface area (Å²) in [6, 6.07) is 20.5. The molecule has 4 rings (SSSR count). The van der Waals surface area contributed by atoms with Crippen LogP contribution in [0.3, 0.4) is 0 Å². The van der Waals surface area contributed by atoms with Crippen LogP contribution in [0.5, 0.6) is 5.75 Å². The van der Waals surface area contributed by atoms with Crippen molar-refractivity contribution in [1.82, 2.24) is 4.90 Å². The summed E-state index contributed by atoms with van der Waals surface area (Å²) in [4.78, 5) is 43.4. The Morgan fingerprint density at radius 3 is 2.35 bits per heavy atom. The van der Waals surface area contributed by atoms with E-state index in [0.717, 1.165) is 5.56 Å². The first kappa shape index (κ1) is 26.2. The highest BCUT2D eigenvalue weighted by Crippen LogP contribution is 2.32. The number of anilines is 1. The van der Waals surface area contributed by atoms with Gasteiger partial charge in [-0.1, -0.05) is 35.5 Å². The van der Waals surface area contributed by atoms with E-state index in [9.17, 15) is 14.4 Å². The summed E-state index contributed by atoms with van der Waals surface area (Å²) in [7, 11) is 1.58. The van der Waals surface area contributed by atoms with Crippen molar-refractivity contribution in [2.75, 3.05) is 19.0 Å². The number of methoxy groups -OCH3 is 1. The van der Waals surface area contributed by atoms with Crippen molar-refractivity contribution in [2.24, 2.45) is 4.99 Å². The van der Waals surface area contributed by atoms with E-state index >= 15 is 0 Å². The number of carboxylic acid groups (broad SMARTS) is 1. The fourth-order valence-corrected chi connectivity index (χ4v) is 4.98. The lowest BCUT2D eigenvalue weighted by atomic mass is 10.1. The number of thioether (sulfide) groups is 1. The summed E-state index contributed by atoms with van der Waals surface area (Å²) in [6.07, 6.45) is 0.545. The highest BCUT2D eigenvalue weighted by molar-refractivity contribution is 8.15. The molecule has 0 aromatic heterocycles. The molecule has 0 aliphatic carbocycles. The zero-order chi connectivity index (χ0) is 26.4. The molecule has 1 fully saturated rings. The number of benzene rings is 3. The first-order valence-corrected chi connectivity index (χ1v) is 12.7. The standard InChI is InChI=1S/C27H24ClN3O5S/c1-36-22-12-10-21(11-13-22)30-27-31(15-14-17-2-6-19(28)7-3-17)25(33)23(37-27)16-24(32)29-20-8-4-18(5-9-20)26(34)35/h2-13,23H,14-16H2,1H3,(H,29,32)(H,34,35)/t23-/m0/s1. The van der Waals surface area contributed by atoms with Crippen LogP contribution < -0.4 is 10.1 Å². The highest BCUT2D eigenvalue weighted by atomic mass is 35.5. The first-order valence-electron chi connectivity index (χ1n) is 11.4. The van der Waals surface area contributed by atoms with Crippen molar-refractivity contribution in [3.05, 3.63) is 88.9 Å². The van der Waals surface area contributed by atoms with Gasteiger partial charge in [0.25, 0.3) is 0 Å². The fraction of sp³-hybridized carbons (Fsp3) is 0.185. The topological polar surface area (TPSA) is 108 Å². The molecule has 3 aromatic carbocycles. The number of carbonyl (C=O) groups is 3. The van der Waals surface area contributed by atoms with E-state index in [2.05, 4.69) is 10.3 Å². The number of hydrogen-bond acceptors (Lipinski definition) is 6. The third-order valence-electron chi connectivity index (χ3n) is 5.64. The molecule has 1 saturated heterocycles. The van der Waals surface area contributed by atoms with Crippen LogP contribution in [0.4, 0.5) is 11.4 Å². The maximum atomic E-state index is 13.3. The van der Waals surface area contributed by atoms with Crippen LogP contribution in [0.2, 0.25) is 5.02 Å². The van der Waals surface area contributed by atoms with Gasteiger partial charge in [-0.25, -0.2) is 9.79 Å². The van der Waals surface area contributed by atoms with Gasteiger partial charge < -0.3 is 15.2 Å². The van der Waals surface area contributed by atoms with Crippen LogP contribution in [0, 0.1) is 0 Å². The van der Waals surface area contributed by atoms with Crippen LogP contribution >= 0.6 is 23.4 Å². The Hall–Kier alpha value is -3.82. The van der Waals surface area contributed by atoms with Gasteiger partial charge >= 0.3 is 5.97 Å². The summed E-state index contributed by atoms with van der Waals surface area (Å²) in [5.74, 6) is -0.891. The average molecular weight is 538 g/mol. The van der Waals surface area contributed by atoms with E-state index in [-0.39, 0.29) is 23.8 Å². The number of halogens is 1. The van der Waals surface area contributed by atoms with E-state index in [1.807, 2.05) is 12.1 Å². The molecule has 0 unspecified atom stereocenters. The number of amides is 2. The molecule has 2 amide bonds. The molecule has 0 spiro atoms. The number of aliphatic imine (C=N–C) groups is 1. The minimum absolute atomic E-state index is 0.0523. The number of ether oxygens (including phenoxy) is 1. The lowest BCUT2D eigenvalue weighted by Gasteiger charge is -2.16. The van der Waals surface area contributed by atoms with E-state index in [1.165, 1.54) is 36.0 Å². The second kappa shape index (κ2) is 11.9. The van der Waals surface area contributed by atoms with Gasteiger partial charge in [0, 0.05) is 23.7 Å². The molecule has 0 radical (unpaired) electrons. The predicted octanol–water partition coefficient (Wildman–Crippen LogP) is 5.25. The summed E-state index contributed by atoms with van der Waals surface area (Å²) in [5.41, 5.74) is 2.26. The molecular weight excluding hydrogens is 514 g/mol. The average Bonchev–Trinajstić information content (AvgIpc) is 3.17. The van der Waals surface area contributed by atoms with E-state index in [1.54, 1.807) is 48.4 Å². The van der Waals surface area contributed by atoms with E-state index in [0.29, 0.717) is 40.3 Å². The van der Waals surface area contributed by atoms with Crippen LogP contribution in [-0.2, 0) is 16.0 Å². The SMILES string of the molecule is COc1ccc(N=C2S[C@@H](CC(=O)Nc3ccc(C(=O)O)cc3)C(=O)N2CCc2ccc(Cl)cc2)cc1. The zero-order valence-corrected chi connectivity index (χ0v) is 21.5.